The van der Waals surface area contributed by atoms with E-state index < -0.39 is 17.8 Å². The van der Waals surface area contributed by atoms with E-state index in [1.807, 2.05) is 18.2 Å². The van der Waals surface area contributed by atoms with Gasteiger partial charge < -0.3 is 15.2 Å². The van der Waals surface area contributed by atoms with Crippen molar-refractivity contribution in [3.05, 3.63) is 30.3 Å². The molecule has 0 saturated heterocycles. The van der Waals surface area contributed by atoms with Crippen molar-refractivity contribution in [1.82, 2.24) is 0 Å². The number of carboxylic acid groups (broad SMARTS) is 1. The first-order chi connectivity index (χ1) is 9.16. The van der Waals surface area contributed by atoms with Crippen LogP contribution in [0.2, 0.25) is 0 Å². The van der Waals surface area contributed by atoms with Crippen LogP contribution in [0.15, 0.2) is 30.3 Å². The zero-order valence-electron chi connectivity index (χ0n) is 10.5. The molecule has 0 aliphatic heterocycles. The van der Waals surface area contributed by atoms with Gasteiger partial charge >= 0.3 is 0 Å². The van der Waals surface area contributed by atoms with Crippen molar-refractivity contribution in [2.45, 2.75) is 19.3 Å². The third kappa shape index (κ3) is 2.11. The number of carbonyl (C=O) groups excluding carboxylic acids is 2. The molecule has 19 heavy (non-hydrogen) atoms. The summed E-state index contributed by atoms with van der Waals surface area (Å²) in [5.74, 6) is -1.95. The van der Waals surface area contributed by atoms with Crippen molar-refractivity contribution >= 4 is 17.6 Å². The maximum Gasteiger partial charge on any atom is 0.228 e. The molecule has 4 atom stereocenters. The standard InChI is InChI=1S/C15H17NO3/c17-14(16-11-4-2-1-3-5-11)12-9-6-7-10(8-9)13(12)15(18)19/h1-5,9-10,12-13H,6-8H2,(H,16,17)(H,18,19)/p-1/t9-,10+,12-,13+/m1/s1. The molecule has 1 aromatic rings. The van der Waals surface area contributed by atoms with Crippen LogP contribution in [0.3, 0.4) is 0 Å². The molecule has 2 aliphatic carbocycles. The Morgan fingerprint density at radius 3 is 2.32 bits per heavy atom. The van der Waals surface area contributed by atoms with Gasteiger partial charge in [0, 0.05) is 23.5 Å². The summed E-state index contributed by atoms with van der Waals surface area (Å²) in [5.41, 5.74) is 0.715. The minimum atomic E-state index is -1.07. The number of amides is 1. The lowest BCUT2D eigenvalue weighted by atomic mass is 9.78. The number of carboxylic acids is 1. The second-order valence-corrected chi connectivity index (χ2v) is 5.56. The zero-order valence-corrected chi connectivity index (χ0v) is 10.5. The lowest BCUT2D eigenvalue weighted by Gasteiger charge is -2.30. The molecule has 1 amide bonds. The number of rotatable bonds is 3. The Balaban J connectivity index is 1.77. The van der Waals surface area contributed by atoms with E-state index in [4.69, 9.17) is 0 Å². The molecule has 4 nitrogen and oxygen atoms in total. The van der Waals surface area contributed by atoms with Crippen molar-refractivity contribution in [1.29, 1.82) is 0 Å². The number of nitrogens with one attached hydrogen (secondary N) is 1. The molecular weight excluding hydrogens is 242 g/mol. The van der Waals surface area contributed by atoms with Crippen LogP contribution in [0.25, 0.3) is 0 Å². The Morgan fingerprint density at radius 1 is 1.05 bits per heavy atom. The Kier molecular flexibility index (Phi) is 3.01. The van der Waals surface area contributed by atoms with Crippen molar-refractivity contribution in [3.63, 3.8) is 0 Å². The van der Waals surface area contributed by atoms with E-state index in [9.17, 15) is 14.7 Å². The highest BCUT2D eigenvalue weighted by atomic mass is 16.4. The minimum absolute atomic E-state index is 0.126. The molecule has 4 heteroatoms. The van der Waals surface area contributed by atoms with Gasteiger partial charge in [-0.3, -0.25) is 4.79 Å². The number of hydrogen-bond donors (Lipinski definition) is 1. The molecule has 0 unspecified atom stereocenters. The fourth-order valence-electron chi connectivity index (χ4n) is 3.75. The summed E-state index contributed by atoms with van der Waals surface area (Å²) in [6.07, 6.45) is 2.73. The van der Waals surface area contributed by atoms with Crippen molar-refractivity contribution < 1.29 is 14.7 Å². The van der Waals surface area contributed by atoms with E-state index in [0.29, 0.717) is 5.69 Å². The summed E-state index contributed by atoms with van der Waals surface area (Å²) in [6.45, 7) is 0. The van der Waals surface area contributed by atoms with E-state index in [0.717, 1.165) is 19.3 Å². The first kappa shape index (κ1) is 12.2. The van der Waals surface area contributed by atoms with Crippen LogP contribution in [-0.2, 0) is 9.59 Å². The van der Waals surface area contributed by atoms with Crippen molar-refractivity contribution in [2.24, 2.45) is 23.7 Å². The predicted octanol–water partition coefficient (Wildman–Crippen LogP) is 1.04. The number of hydrogen-bond acceptors (Lipinski definition) is 3. The van der Waals surface area contributed by atoms with Crippen LogP contribution < -0.4 is 10.4 Å². The third-order valence-electron chi connectivity index (χ3n) is 4.53. The number of para-hydroxylation sites is 1. The molecular formula is C15H16NO3-. The molecule has 0 spiro atoms. The number of benzene rings is 1. The Bertz CT molecular complexity index is 499. The van der Waals surface area contributed by atoms with Crippen LogP contribution in [0, 0.1) is 23.7 Å². The molecule has 100 valence electrons. The van der Waals surface area contributed by atoms with E-state index in [2.05, 4.69) is 5.32 Å². The topological polar surface area (TPSA) is 69.2 Å². The van der Waals surface area contributed by atoms with Crippen LogP contribution in [-0.4, -0.2) is 11.9 Å². The third-order valence-corrected chi connectivity index (χ3v) is 4.53. The smallest absolute Gasteiger partial charge is 0.228 e. The molecule has 0 aromatic heterocycles. The van der Waals surface area contributed by atoms with Gasteiger partial charge in [0.15, 0.2) is 0 Å². The van der Waals surface area contributed by atoms with E-state index in [-0.39, 0.29) is 17.7 Å². The average Bonchev–Trinajstić information content (AvgIpc) is 2.99. The monoisotopic (exact) mass is 258 g/mol. The summed E-state index contributed by atoms with van der Waals surface area (Å²) in [6, 6.07) is 9.16. The van der Waals surface area contributed by atoms with E-state index in [1.54, 1.807) is 12.1 Å². The highest BCUT2D eigenvalue weighted by molar-refractivity contribution is 5.95. The van der Waals surface area contributed by atoms with Crippen LogP contribution in [0.1, 0.15) is 19.3 Å². The highest BCUT2D eigenvalue weighted by Gasteiger charge is 2.51. The summed E-state index contributed by atoms with van der Waals surface area (Å²) in [7, 11) is 0. The van der Waals surface area contributed by atoms with Gasteiger partial charge in [-0.2, -0.15) is 0 Å². The minimum Gasteiger partial charge on any atom is -0.550 e. The van der Waals surface area contributed by atoms with Crippen LogP contribution >= 0.6 is 0 Å². The lowest BCUT2D eigenvalue weighted by molar-refractivity contribution is -0.314. The van der Waals surface area contributed by atoms with Gasteiger partial charge in [-0.05, 0) is 43.2 Å². The second-order valence-electron chi connectivity index (χ2n) is 5.56. The highest BCUT2D eigenvalue weighted by Crippen LogP contribution is 2.52. The summed E-state index contributed by atoms with van der Waals surface area (Å²) >= 11 is 0. The fourth-order valence-corrected chi connectivity index (χ4v) is 3.75. The van der Waals surface area contributed by atoms with Gasteiger partial charge in [-0.15, -0.1) is 0 Å². The van der Waals surface area contributed by atoms with Gasteiger partial charge in [0.1, 0.15) is 0 Å². The quantitative estimate of drug-likeness (QED) is 0.880. The normalized spacial score (nSPS) is 32.2. The van der Waals surface area contributed by atoms with Gasteiger partial charge in [-0.25, -0.2) is 0 Å². The number of aliphatic carboxylic acids is 1. The molecule has 3 rings (SSSR count). The Labute approximate surface area is 111 Å². The number of anilines is 1. The van der Waals surface area contributed by atoms with Crippen molar-refractivity contribution in [3.8, 4) is 0 Å². The second kappa shape index (κ2) is 4.68. The van der Waals surface area contributed by atoms with Crippen molar-refractivity contribution in [2.75, 3.05) is 5.32 Å². The summed E-state index contributed by atoms with van der Waals surface area (Å²) in [4.78, 5) is 23.6. The molecule has 2 aliphatic rings. The molecule has 2 fully saturated rings. The number of fused-ring (bicyclic) bond motifs is 2. The van der Waals surface area contributed by atoms with E-state index in [1.165, 1.54) is 0 Å². The largest absolute Gasteiger partial charge is 0.550 e. The number of carbonyl (C=O) groups is 2. The maximum absolute atomic E-state index is 12.3. The molecule has 0 heterocycles. The average molecular weight is 258 g/mol. The maximum atomic E-state index is 12.3. The molecule has 0 radical (unpaired) electrons. The van der Waals surface area contributed by atoms with E-state index >= 15 is 0 Å². The van der Waals surface area contributed by atoms with Crippen LogP contribution in [0.5, 0.6) is 0 Å². The molecule has 2 saturated carbocycles. The Morgan fingerprint density at radius 2 is 1.68 bits per heavy atom. The summed E-state index contributed by atoms with van der Waals surface area (Å²) in [5, 5.41) is 14.1. The molecule has 1 aromatic carbocycles. The SMILES string of the molecule is O=C(Nc1ccccc1)[C@@H]1[C@@H]2CC[C@@H](C2)[C@@H]1C(=O)[O-]. The summed E-state index contributed by atoms with van der Waals surface area (Å²) < 4.78 is 0. The lowest BCUT2D eigenvalue weighted by Crippen LogP contribution is -2.43. The first-order valence-corrected chi connectivity index (χ1v) is 6.73. The van der Waals surface area contributed by atoms with Gasteiger partial charge in [0.2, 0.25) is 5.91 Å². The fraction of sp³-hybridized carbons (Fsp3) is 0.467. The first-order valence-electron chi connectivity index (χ1n) is 6.73. The van der Waals surface area contributed by atoms with Gasteiger partial charge in [0.25, 0.3) is 0 Å². The predicted molar refractivity (Wildman–Crippen MR) is 67.9 cm³/mol. The molecule has 2 bridgehead atoms. The van der Waals surface area contributed by atoms with Gasteiger partial charge in [0.05, 0.1) is 0 Å². The zero-order chi connectivity index (χ0) is 13.4. The molecule has 1 N–H and O–H groups in total. The van der Waals surface area contributed by atoms with Gasteiger partial charge in [-0.1, -0.05) is 18.2 Å². The van der Waals surface area contributed by atoms with Crippen LogP contribution in [0.4, 0.5) is 5.69 Å². The Hall–Kier alpha value is -1.84.